The van der Waals surface area contributed by atoms with Gasteiger partial charge in [0.15, 0.2) is 0 Å². The van der Waals surface area contributed by atoms with Crippen LogP contribution in [0.4, 0.5) is 0 Å². The minimum Gasteiger partial charge on any atom is -0.477 e. The van der Waals surface area contributed by atoms with Gasteiger partial charge >= 0.3 is 5.97 Å². The van der Waals surface area contributed by atoms with Gasteiger partial charge in [-0.25, -0.2) is 9.78 Å². The highest BCUT2D eigenvalue weighted by Crippen LogP contribution is 2.46. The van der Waals surface area contributed by atoms with E-state index in [2.05, 4.69) is 13.8 Å². The minimum absolute atomic E-state index is 0.429. The molecule has 2 saturated carbocycles. The van der Waals surface area contributed by atoms with Crippen LogP contribution in [0.2, 0.25) is 0 Å². The SMILES string of the molecule is CC(C)C1CCC(c2nc(C3CC3)c(C(=O)O)s2)CC1. The third-order valence-corrected chi connectivity index (χ3v) is 6.11. The normalized spacial score (nSPS) is 26.9. The molecule has 3 nitrogen and oxygen atoms in total. The molecule has 0 atom stereocenters. The van der Waals surface area contributed by atoms with E-state index in [-0.39, 0.29) is 0 Å². The van der Waals surface area contributed by atoms with Crippen LogP contribution in [0, 0.1) is 11.8 Å². The van der Waals surface area contributed by atoms with E-state index in [9.17, 15) is 9.90 Å². The van der Waals surface area contributed by atoms with Crippen molar-refractivity contribution in [1.29, 1.82) is 0 Å². The van der Waals surface area contributed by atoms with Crippen molar-refractivity contribution in [3.8, 4) is 0 Å². The molecule has 0 spiro atoms. The molecule has 3 rings (SSSR count). The van der Waals surface area contributed by atoms with Crippen LogP contribution in [0.1, 0.15) is 84.6 Å². The average Bonchev–Trinajstić information content (AvgIpc) is 3.17. The lowest BCUT2D eigenvalue weighted by Crippen LogP contribution is -2.17. The first kappa shape index (κ1) is 14.1. The maximum Gasteiger partial charge on any atom is 0.347 e. The fourth-order valence-electron chi connectivity index (χ4n) is 3.34. The molecule has 0 aromatic carbocycles. The average molecular weight is 293 g/mol. The van der Waals surface area contributed by atoms with Crippen LogP contribution in [-0.4, -0.2) is 16.1 Å². The van der Waals surface area contributed by atoms with Gasteiger partial charge in [-0.3, -0.25) is 0 Å². The number of carbonyl (C=O) groups is 1. The van der Waals surface area contributed by atoms with Crippen molar-refractivity contribution in [2.45, 2.75) is 64.2 Å². The Morgan fingerprint density at radius 3 is 2.25 bits per heavy atom. The molecule has 2 aliphatic carbocycles. The highest BCUT2D eigenvalue weighted by Gasteiger charge is 2.34. The van der Waals surface area contributed by atoms with Gasteiger partial charge in [-0.2, -0.15) is 0 Å². The van der Waals surface area contributed by atoms with Crippen molar-refractivity contribution in [3.05, 3.63) is 15.6 Å². The van der Waals surface area contributed by atoms with Crippen molar-refractivity contribution in [1.82, 2.24) is 4.98 Å². The number of hydrogen-bond acceptors (Lipinski definition) is 3. The van der Waals surface area contributed by atoms with Crippen molar-refractivity contribution in [2.75, 3.05) is 0 Å². The Kier molecular flexibility index (Phi) is 3.85. The first-order valence-electron chi connectivity index (χ1n) is 7.80. The predicted molar refractivity (Wildman–Crippen MR) is 80.6 cm³/mol. The second kappa shape index (κ2) is 5.47. The maximum absolute atomic E-state index is 11.4. The molecule has 1 aromatic rings. The zero-order chi connectivity index (χ0) is 14.3. The van der Waals surface area contributed by atoms with Crippen LogP contribution in [-0.2, 0) is 0 Å². The highest BCUT2D eigenvalue weighted by atomic mass is 32.1. The number of rotatable bonds is 4. The summed E-state index contributed by atoms with van der Waals surface area (Å²) >= 11 is 1.44. The number of carboxylic acid groups (broad SMARTS) is 1. The number of aromatic carboxylic acids is 1. The summed E-state index contributed by atoms with van der Waals surface area (Å²) in [6, 6.07) is 0. The van der Waals surface area contributed by atoms with E-state index < -0.39 is 5.97 Å². The van der Waals surface area contributed by atoms with Crippen molar-refractivity contribution in [3.63, 3.8) is 0 Å². The summed E-state index contributed by atoms with van der Waals surface area (Å²) in [5, 5.41) is 10.4. The van der Waals surface area contributed by atoms with Crippen molar-refractivity contribution in [2.24, 2.45) is 11.8 Å². The van der Waals surface area contributed by atoms with Crippen LogP contribution in [0.3, 0.4) is 0 Å². The van der Waals surface area contributed by atoms with Gasteiger partial charge in [-0.05, 0) is 50.4 Å². The standard InChI is InChI=1S/C16H23NO2S/c1-9(2)10-3-7-12(8-4-10)15-17-13(11-5-6-11)14(20-15)16(18)19/h9-12H,3-8H2,1-2H3,(H,18,19). The monoisotopic (exact) mass is 293 g/mol. The van der Waals surface area contributed by atoms with Crippen LogP contribution in [0.5, 0.6) is 0 Å². The number of thiazole rings is 1. The fraction of sp³-hybridized carbons (Fsp3) is 0.750. The number of hydrogen-bond donors (Lipinski definition) is 1. The molecule has 0 unspecified atom stereocenters. The first-order chi connectivity index (χ1) is 9.56. The molecule has 1 aromatic heterocycles. The molecule has 20 heavy (non-hydrogen) atoms. The van der Waals surface area contributed by atoms with Gasteiger partial charge in [0.05, 0.1) is 10.7 Å². The Bertz CT molecular complexity index is 497. The maximum atomic E-state index is 11.4. The van der Waals surface area contributed by atoms with E-state index in [1.165, 1.54) is 37.0 Å². The molecule has 0 aliphatic heterocycles. The summed E-state index contributed by atoms with van der Waals surface area (Å²) in [6.45, 7) is 4.62. The molecule has 1 heterocycles. The number of carboxylic acids is 1. The Hall–Kier alpha value is -0.900. The molecule has 2 fully saturated rings. The molecule has 4 heteroatoms. The first-order valence-corrected chi connectivity index (χ1v) is 8.61. The van der Waals surface area contributed by atoms with Crippen LogP contribution < -0.4 is 0 Å². The zero-order valence-electron chi connectivity index (χ0n) is 12.3. The number of aromatic nitrogens is 1. The van der Waals surface area contributed by atoms with Gasteiger partial charge in [0.25, 0.3) is 0 Å². The molecule has 2 aliphatic rings. The van der Waals surface area contributed by atoms with E-state index >= 15 is 0 Å². The summed E-state index contributed by atoms with van der Waals surface area (Å²) in [5.74, 6) is 1.75. The Labute approximate surface area is 124 Å². The fourth-order valence-corrected chi connectivity index (χ4v) is 4.50. The molecule has 0 saturated heterocycles. The molecule has 0 amide bonds. The third kappa shape index (κ3) is 2.76. The quantitative estimate of drug-likeness (QED) is 0.879. The molecular formula is C16H23NO2S. The van der Waals surface area contributed by atoms with Gasteiger partial charge < -0.3 is 5.11 Å². The predicted octanol–water partition coefficient (Wildman–Crippen LogP) is 4.65. The summed E-state index contributed by atoms with van der Waals surface area (Å²) < 4.78 is 0. The highest BCUT2D eigenvalue weighted by molar-refractivity contribution is 7.13. The number of nitrogens with zero attached hydrogens (tertiary/aromatic N) is 1. The van der Waals surface area contributed by atoms with Crippen LogP contribution >= 0.6 is 11.3 Å². The Morgan fingerprint density at radius 2 is 1.75 bits per heavy atom. The largest absolute Gasteiger partial charge is 0.477 e. The zero-order valence-corrected chi connectivity index (χ0v) is 13.1. The lowest BCUT2D eigenvalue weighted by molar-refractivity contribution is 0.0700. The Morgan fingerprint density at radius 1 is 1.15 bits per heavy atom. The van der Waals surface area contributed by atoms with E-state index in [1.807, 2.05) is 0 Å². The van der Waals surface area contributed by atoms with Crippen LogP contribution in [0.25, 0.3) is 0 Å². The lowest BCUT2D eigenvalue weighted by Gasteiger charge is -2.29. The molecule has 1 N–H and O–H groups in total. The Balaban J connectivity index is 1.75. The molecule has 0 radical (unpaired) electrons. The van der Waals surface area contributed by atoms with Gasteiger partial charge in [0.1, 0.15) is 4.88 Å². The smallest absolute Gasteiger partial charge is 0.347 e. The van der Waals surface area contributed by atoms with E-state index in [1.54, 1.807) is 0 Å². The topological polar surface area (TPSA) is 50.2 Å². The van der Waals surface area contributed by atoms with E-state index in [0.29, 0.717) is 16.7 Å². The van der Waals surface area contributed by atoms with Gasteiger partial charge in [0, 0.05) is 11.8 Å². The summed E-state index contributed by atoms with van der Waals surface area (Å²) in [7, 11) is 0. The van der Waals surface area contributed by atoms with Gasteiger partial charge in [-0.15, -0.1) is 11.3 Å². The van der Waals surface area contributed by atoms with Crippen molar-refractivity contribution < 1.29 is 9.90 Å². The van der Waals surface area contributed by atoms with E-state index in [4.69, 9.17) is 4.98 Å². The van der Waals surface area contributed by atoms with E-state index in [0.717, 1.165) is 35.4 Å². The summed E-state index contributed by atoms with van der Waals surface area (Å²) in [4.78, 5) is 16.6. The minimum atomic E-state index is -0.786. The summed E-state index contributed by atoms with van der Waals surface area (Å²) in [6.07, 6.45) is 7.12. The third-order valence-electron chi connectivity index (χ3n) is 4.89. The molecule has 0 bridgehead atoms. The molecule has 110 valence electrons. The lowest BCUT2D eigenvalue weighted by atomic mass is 9.77. The summed E-state index contributed by atoms with van der Waals surface area (Å²) in [5.41, 5.74) is 0.878. The molecular weight excluding hydrogens is 270 g/mol. The van der Waals surface area contributed by atoms with Crippen LogP contribution in [0.15, 0.2) is 0 Å². The second-order valence-electron chi connectivity index (χ2n) is 6.70. The van der Waals surface area contributed by atoms with Gasteiger partial charge in [0.2, 0.25) is 0 Å². The van der Waals surface area contributed by atoms with Crippen molar-refractivity contribution >= 4 is 17.3 Å². The van der Waals surface area contributed by atoms with Gasteiger partial charge in [-0.1, -0.05) is 13.8 Å². The second-order valence-corrected chi connectivity index (χ2v) is 7.73.